The molecule has 8 nitrogen and oxygen atoms in total. The van der Waals surface area contributed by atoms with Gasteiger partial charge in [0.2, 0.25) is 11.8 Å². The number of ether oxygens (including phenoxy) is 2. The maximum absolute atomic E-state index is 6.05. The molecule has 0 fully saturated rings. The zero-order chi connectivity index (χ0) is 21.0. The summed E-state index contributed by atoms with van der Waals surface area (Å²) in [6, 6.07) is 13.1. The second-order valence-corrected chi connectivity index (χ2v) is 6.46. The van der Waals surface area contributed by atoms with Crippen LogP contribution in [0.15, 0.2) is 90.4 Å². The Morgan fingerprint density at radius 3 is 2.68 bits per heavy atom. The van der Waals surface area contributed by atoms with Crippen molar-refractivity contribution in [3.63, 3.8) is 0 Å². The summed E-state index contributed by atoms with van der Waals surface area (Å²) in [4.78, 5) is 13.3. The Kier molecular flexibility index (Phi) is 4.75. The van der Waals surface area contributed by atoms with Crippen LogP contribution in [0, 0.1) is 0 Å². The lowest BCUT2D eigenvalue weighted by Crippen LogP contribution is -2.02. The van der Waals surface area contributed by atoms with Crippen molar-refractivity contribution in [2.75, 3.05) is 12.4 Å². The summed E-state index contributed by atoms with van der Waals surface area (Å²) >= 11 is 0. The summed E-state index contributed by atoms with van der Waals surface area (Å²) < 4.78 is 12.8. The molecule has 1 N–H and O–H groups in total. The van der Waals surface area contributed by atoms with Crippen molar-refractivity contribution in [3.8, 4) is 11.6 Å². The number of pyridine rings is 1. The molecule has 0 amide bonds. The van der Waals surface area contributed by atoms with Crippen LogP contribution in [0.1, 0.15) is 5.69 Å². The Morgan fingerprint density at radius 2 is 1.87 bits per heavy atom. The van der Waals surface area contributed by atoms with Crippen molar-refractivity contribution in [2.24, 2.45) is 0 Å². The van der Waals surface area contributed by atoms with Crippen LogP contribution in [0.3, 0.4) is 0 Å². The van der Waals surface area contributed by atoms with Crippen molar-refractivity contribution in [1.82, 2.24) is 24.6 Å². The predicted octanol–water partition coefficient (Wildman–Crippen LogP) is 3.94. The molecule has 1 aromatic carbocycles. The fourth-order valence-electron chi connectivity index (χ4n) is 3.02. The second-order valence-electron chi connectivity index (χ2n) is 6.46. The number of allylic oxidation sites excluding steroid dienone is 3. The highest BCUT2D eigenvalue weighted by Gasteiger charge is 2.17. The van der Waals surface area contributed by atoms with Gasteiger partial charge in [-0.15, -0.1) is 5.10 Å². The molecule has 0 atom stereocenters. The first-order valence-electron chi connectivity index (χ1n) is 9.43. The second kappa shape index (κ2) is 8.00. The van der Waals surface area contributed by atoms with Gasteiger partial charge in [0.15, 0.2) is 5.65 Å². The molecule has 5 rings (SSSR count). The third-order valence-electron chi connectivity index (χ3n) is 4.45. The highest BCUT2D eigenvalue weighted by atomic mass is 16.5. The van der Waals surface area contributed by atoms with E-state index in [0.29, 0.717) is 34.7 Å². The number of nitrogens with zero attached hydrogens (tertiary/aromatic N) is 5. The first-order valence-corrected chi connectivity index (χ1v) is 9.43. The van der Waals surface area contributed by atoms with Gasteiger partial charge >= 0.3 is 0 Å². The zero-order valence-corrected chi connectivity index (χ0v) is 16.5. The highest BCUT2D eigenvalue weighted by molar-refractivity contribution is 5.83. The van der Waals surface area contributed by atoms with Crippen LogP contribution in [0.5, 0.6) is 11.6 Å². The fraction of sp³-hybridized carbons (Fsp3) is 0.0435. The van der Waals surface area contributed by atoms with E-state index in [2.05, 4.69) is 36.8 Å². The van der Waals surface area contributed by atoms with Crippen molar-refractivity contribution >= 4 is 22.9 Å². The summed E-state index contributed by atoms with van der Waals surface area (Å²) in [5.74, 6) is 2.26. The molecular formula is C23H16N6O2. The van der Waals surface area contributed by atoms with Gasteiger partial charge in [0.25, 0.3) is 0 Å². The topological polar surface area (TPSA) is 86.5 Å². The molecule has 0 bridgehead atoms. The van der Waals surface area contributed by atoms with Gasteiger partial charge in [-0.3, -0.25) is 4.98 Å². The average Bonchev–Trinajstić information content (AvgIpc) is 3.23. The minimum atomic E-state index is 0.415. The lowest BCUT2D eigenvalue weighted by molar-refractivity contribution is 0.398. The van der Waals surface area contributed by atoms with E-state index in [1.165, 1.54) is 0 Å². The summed E-state index contributed by atoms with van der Waals surface area (Å²) in [6.07, 6.45) is 8.55. The number of para-hydroxylation sites is 1. The minimum Gasteiger partial charge on any atom is -0.481 e. The van der Waals surface area contributed by atoms with E-state index in [1.54, 1.807) is 48.4 Å². The van der Waals surface area contributed by atoms with E-state index >= 15 is 0 Å². The van der Waals surface area contributed by atoms with E-state index in [9.17, 15) is 0 Å². The third kappa shape index (κ3) is 3.80. The maximum atomic E-state index is 6.05. The number of aromatic nitrogens is 5. The molecule has 3 aromatic heterocycles. The van der Waals surface area contributed by atoms with Gasteiger partial charge in [0.05, 0.1) is 24.6 Å². The van der Waals surface area contributed by atoms with Crippen LogP contribution in [0.2, 0.25) is 0 Å². The Hall–Kier alpha value is -4.64. The van der Waals surface area contributed by atoms with E-state index in [-0.39, 0.29) is 0 Å². The zero-order valence-electron chi connectivity index (χ0n) is 16.5. The average molecular weight is 408 g/mol. The third-order valence-corrected chi connectivity index (χ3v) is 4.45. The van der Waals surface area contributed by atoms with Crippen LogP contribution in [0.25, 0.3) is 11.2 Å². The summed E-state index contributed by atoms with van der Waals surface area (Å²) in [5, 5.41) is 7.63. The Labute approximate surface area is 177 Å². The quantitative estimate of drug-likeness (QED) is 0.484. The largest absolute Gasteiger partial charge is 0.481 e. The van der Waals surface area contributed by atoms with Gasteiger partial charge in [-0.25, -0.2) is 9.50 Å². The van der Waals surface area contributed by atoms with Crippen LogP contribution in [-0.2, 0) is 0 Å². The fourth-order valence-corrected chi connectivity index (χ4v) is 3.02. The monoisotopic (exact) mass is 408 g/mol. The SMILES string of the molecule is COc1ccc(Nc2nc3c(C4=C(Oc5ccccc5)C=C=C=C4)nccn3n2)cn1. The van der Waals surface area contributed by atoms with Gasteiger partial charge in [-0.2, -0.15) is 4.98 Å². The molecule has 4 aromatic rings. The van der Waals surface area contributed by atoms with Crippen molar-refractivity contribution in [2.45, 2.75) is 0 Å². The molecule has 150 valence electrons. The Morgan fingerprint density at radius 1 is 1.00 bits per heavy atom. The molecule has 0 radical (unpaired) electrons. The van der Waals surface area contributed by atoms with Crippen LogP contribution < -0.4 is 14.8 Å². The van der Waals surface area contributed by atoms with Gasteiger partial charge in [0.1, 0.15) is 17.2 Å². The normalized spacial score (nSPS) is 12.4. The van der Waals surface area contributed by atoms with Crippen LogP contribution >= 0.6 is 0 Å². The molecule has 1 aliphatic carbocycles. The summed E-state index contributed by atoms with van der Waals surface area (Å²) in [7, 11) is 1.57. The molecule has 0 aliphatic heterocycles. The number of fused-ring (bicyclic) bond motifs is 1. The molecule has 0 unspecified atom stereocenters. The van der Waals surface area contributed by atoms with Gasteiger partial charge in [0, 0.05) is 30.6 Å². The first kappa shape index (κ1) is 18.4. The lowest BCUT2D eigenvalue weighted by atomic mass is 10.1. The van der Waals surface area contributed by atoms with Gasteiger partial charge < -0.3 is 14.8 Å². The van der Waals surface area contributed by atoms with Crippen molar-refractivity contribution < 1.29 is 9.47 Å². The number of rotatable bonds is 6. The lowest BCUT2D eigenvalue weighted by Gasteiger charge is -2.11. The molecule has 0 saturated carbocycles. The Bertz CT molecular complexity index is 1380. The number of anilines is 2. The van der Waals surface area contributed by atoms with Crippen molar-refractivity contribution in [1.29, 1.82) is 0 Å². The number of methoxy groups -OCH3 is 1. The smallest absolute Gasteiger partial charge is 0.247 e. The van der Waals surface area contributed by atoms with Gasteiger partial charge in [-0.1, -0.05) is 29.7 Å². The molecule has 1 aliphatic rings. The summed E-state index contributed by atoms with van der Waals surface area (Å²) in [5.41, 5.74) is 8.57. The Balaban J connectivity index is 1.52. The summed E-state index contributed by atoms with van der Waals surface area (Å²) in [6.45, 7) is 0. The predicted molar refractivity (Wildman–Crippen MR) is 115 cm³/mol. The number of hydrogen-bond donors (Lipinski definition) is 1. The maximum Gasteiger partial charge on any atom is 0.247 e. The molecular weight excluding hydrogens is 392 g/mol. The highest BCUT2D eigenvalue weighted by Crippen LogP contribution is 2.27. The standard InChI is InChI=1S/C23H16N6O2/c1-30-20-12-11-16(15-25-20)26-23-27-22-21(24-13-14-29(22)28-23)18-9-5-6-10-19(18)31-17-7-3-2-4-8-17/h2-4,7-15H,1H3,(H,26,28). The van der Waals surface area contributed by atoms with Crippen LogP contribution in [0.4, 0.5) is 11.6 Å². The minimum absolute atomic E-state index is 0.415. The van der Waals surface area contributed by atoms with E-state index in [4.69, 9.17) is 9.47 Å². The van der Waals surface area contributed by atoms with Gasteiger partial charge in [-0.05, 0) is 18.2 Å². The molecule has 0 saturated heterocycles. The van der Waals surface area contributed by atoms with E-state index < -0.39 is 0 Å². The number of nitrogens with one attached hydrogen (secondary N) is 1. The molecule has 3 heterocycles. The number of benzene rings is 1. The molecule has 0 spiro atoms. The first-order chi connectivity index (χ1) is 15.3. The van der Waals surface area contributed by atoms with E-state index in [1.807, 2.05) is 36.4 Å². The van der Waals surface area contributed by atoms with E-state index in [0.717, 1.165) is 11.3 Å². The van der Waals surface area contributed by atoms with Crippen LogP contribution in [-0.4, -0.2) is 31.7 Å². The van der Waals surface area contributed by atoms with Crippen molar-refractivity contribution in [3.05, 3.63) is 96.1 Å². The number of hydrogen-bond acceptors (Lipinski definition) is 7. The molecule has 31 heavy (non-hydrogen) atoms. The molecule has 8 heteroatoms.